The molecule has 1 aromatic heterocycles. The zero-order valence-corrected chi connectivity index (χ0v) is 11.9. The molecule has 0 atom stereocenters. The van der Waals surface area contributed by atoms with E-state index in [4.69, 9.17) is 0 Å². The highest BCUT2D eigenvalue weighted by atomic mass is 16.1. The molecule has 1 heterocycles. The summed E-state index contributed by atoms with van der Waals surface area (Å²) >= 11 is 0. The van der Waals surface area contributed by atoms with Crippen molar-refractivity contribution < 1.29 is 0 Å². The molecule has 5 heteroatoms. The van der Waals surface area contributed by atoms with Gasteiger partial charge in [-0.3, -0.25) is 9.78 Å². The molecule has 0 saturated heterocycles. The Balaban J connectivity index is 1.95. The van der Waals surface area contributed by atoms with Gasteiger partial charge in [0.2, 0.25) is 5.95 Å². The van der Waals surface area contributed by atoms with Gasteiger partial charge in [0.15, 0.2) is 0 Å². The van der Waals surface area contributed by atoms with Gasteiger partial charge in [0.05, 0.1) is 0 Å². The van der Waals surface area contributed by atoms with Crippen molar-refractivity contribution in [3.63, 3.8) is 0 Å². The van der Waals surface area contributed by atoms with Gasteiger partial charge < -0.3 is 0 Å². The van der Waals surface area contributed by atoms with E-state index in [2.05, 4.69) is 20.5 Å². The molecular formula is C16H18N4O. The van der Waals surface area contributed by atoms with Gasteiger partial charge in [0.25, 0.3) is 5.56 Å². The third-order valence-corrected chi connectivity index (χ3v) is 2.72. The average Bonchev–Trinajstić information content (AvgIpc) is 2.48. The number of H-pyrrole nitrogens is 1. The number of aromatic amines is 1. The number of nitrogens with zero attached hydrogens (tertiary/aromatic N) is 2. The predicted molar refractivity (Wildman–Crippen MR) is 86.4 cm³/mol. The molecule has 0 saturated carbocycles. The molecule has 2 aromatic rings. The van der Waals surface area contributed by atoms with Crippen molar-refractivity contribution in [3.8, 4) is 0 Å². The Morgan fingerprint density at radius 1 is 1.33 bits per heavy atom. The highest BCUT2D eigenvalue weighted by Gasteiger charge is 1.98. The molecule has 0 aliphatic carbocycles. The zero-order valence-electron chi connectivity index (χ0n) is 11.9. The SMILES string of the molecule is CCCc1cc(=O)[nH]c(N/N=C\C=C/c2ccccc2)n1. The number of benzene rings is 1. The van der Waals surface area contributed by atoms with Gasteiger partial charge >= 0.3 is 0 Å². The molecule has 108 valence electrons. The Labute approximate surface area is 123 Å². The Morgan fingerprint density at radius 3 is 2.90 bits per heavy atom. The van der Waals surface area contributed by atoms with Crippen molar-refractivity contribution in [2.24, 2.45) is 5.10 Å². The van der Waals surface area contributed by atoms with E-state index >= 15 is 0 Å². The lowest BCUT2D eigenvalue weighted by molar-refractivity contribution is 0.867. The quantitative estimate of drug-likeness (QED) is 0.632. The second-order valence-electron chi connectivity index (χ2n) is 4.50. The number of rotatable bonds is 6. The van der Waals surface area contributed by atoms with Crippen LogP contribution in [-0.4, -0.2) is 16.2 Å². The molecule has 5 nitrogen and oxygen atoms in total. The number of aryl methyl sites for hydroxylation is 1. The van der Waals surface area contributed by atoms with Crippen molar-refractivity contribution in [2.45, 2.75) is 19.8 Å². The second-order valence-corrected chi connectivity index (χ2v) is 4.50. The molecule has 0 radical (unpaired) electrons. The molecule has 0 amide bonds. The number of hydrogen-bond donors (Lipinski definition) is 2. The van der Waals surface area contributed by atoms with Crippen molar-refractivity contribution in [3.05, 3.63) is 64.1 Å². The van der Waals surface area contributed by atoms with Gasteiger partial charge in [0.1, 0.15) is 0 Å². The first-order valence-corrected chi connectivity index (χ1v) is 6.89. The number of nitrogens with one attached hydrogen (secondary N) is 2. The first kappa shape index (κ1) is 14.7. The Hall–Kier alpha value is -2.69. The smallest absolute Gasteiger partial charge is 0.252 e. The predicted octanol–water partition coefficient (Wildman–Crippen LogP) is 2.83. The molecule has 21 heavy (non-hydrogen) atoms. The van der Waals surface area contributed by atoms with Crippen molar-refractivity contribution in [1.29, 1.82) is 0 Å². The van der Waals surface area contributed by atoms with Gasteiger partial charge in [-0.05, 0) is 18.1 Å². The van der Waals surface area contributed by atoms with E-state index in [0.717, 1.165) is 24.1 Å². The molecule has 0 spiro atoms. The molecule has 0 fully saturated rings. The summed E-state index contributed by atoms with van der Waals surface area (Å²) < 4.78 is 0. The fourth-order valence-corrected chi connectivity index (χ4v) is 1.80. The third-order valence-electron chi connectivity index (χ3n) is 2.72. The largest absolute Gasteiger partial charge is 0.291 e. The summed E-state index contributed by atoms with van der Waals surface area (Å²) in [6.45, 7) is 2.04. The number of hydrogen-bond acceptors (Lipinski definition) is 4. The maximum Gasteiger partial charge on any atom is 0.252 e. The summed E-state index contributed by atoms with van der Waals surface area (Å²) in [6, 6.07) is 11.4. The number of allylic oxidation sites excluding steroid dienone is 1. The zero-order chi connectivity index (χ0) is 14.9. The monoisotopic (exact) mass is 282 g/mol. The van der Waals surface area contributed by atoms with E-state index < -0.39 is 0 Å². The highest BCUT2D eigenvalue weighted by Crippen LogP contribution is 2.01. The Kier molecular flexibility index (Phi) is 5.46. The summed E-state index contributed by atoms with van der Waals surface area (Å²) in [5, 5.41) is 4.00. The normalized spacial score (nSPS) is 11.3. The summed E-state index contributed by atoms with van der Waals surface area (Å²) in [4.78, 5) is 18.3. The van der Waals surface area contributed by atoms with E-state index in [0.29, 0.717) is 5.95 Å². The van der Waals surface area contributed by atoms with Crippen molar-refractivity contribution in [1.82, 2.24) is 9.97 Å². The van der Waals surface area contributed by atoms with Gasteiger partial charge in [-0.2, -0.15) is 5.10 Å². The summed E-state index contributed by atoms with van der Waals surface area (Å²) in [5.74, 6) is 0.357. The summed E-state index contributed by atoms with van der Waals surface area (Å²) in [7, 11) is 0. The fourth-order valence-electron chi connectivity index (χ4n) is 1.80. The Morgan fingerprint density at radius 2 is 2.14 bits per heavy atom. The van der Waals surface area contributed by atoms with E-state index in [-0.39, 0.29) is 5.56 Å². The van der Waals surface area contributed by atoms with Crippen LogP contribution in [0.15, 0.2) is 52.4 Å². The van der Waals surface area contributed by atoms with Crippen LogP contribution in [0.2, 0.25) is 0 Å². The minimum Gasteiger partial charge on any atom is -0.291 e. The number of hydrazone groups is 1. The topological polar surface area (TPSA) is 70.1 Å². The lowest BCUT2D eigenvalue weighted by Crippen LogP contribution is -2.11. The van der Waals surface area contributed by atoms with Gasteiger partial charge in [-0.1, -0.05) is 49.8 Å². The standard InChI is InChI=1S/C16H18N4O/c1-2-7-14-12-15(21)19-16(18-14)20-17-11-6-10-13-8-4-3-5-9-13/h3-6,8-12H,2,7H2,1H3,(H2,18,19,20,21)/b10-6-,17-11-. The van der Waals surface area contributed by atoms with E-state index in [1.807, 2.05) is 49.4 Å². The highest BCUT2D eigenvalue weighted by molar-refractivity contribution is 5.78. The summed E-state index contributed by atoms with van der Waals surface area (Å²) in [6.07, 6.45) is 7.08. The van der Waals surface area contributed by atoms with Crippen LogP contribution < -0.4 is 11.0 Å². The van der Waals surface area contributed by atoms with Crippen molar-refractivity contribution >= 4 is 18.2 Å². The van der Waals surface area contributed by atoms with E-state index in [1.54, 1.807) is 6.21 Å². The molecule has 0 aliphatic heterocycles. The van der Waals surface area contributed by atoms with Crippen molar-refractivity contribution in [2.75, 3.05) is 5.43 Å². The molecule has 2 rings (SSSR count). The summed E-state index contributed by atoms with van der Waals surface area (Å²) in [5.41, 5.74) is 4.41. The maximum atomic E-state index is 11.5. The molecule has 0 aliphatic rings. The third kappa shape index (κ3) is 5.06. The second kappa shape index (κ2) is 7.79. The number of aromatic nitrogens is 2. The van der Waals surface area contributed by atoms with Crippen LogP contribution in [0.5, 0.6) is 0 Å². The maximum absolute atomic E-state index is 11.5. The molecule has 1 aromatic carbocycles. The van der Waals surface area contributed by atoms with Gasteiger partial charge in [-0.25, -0.2) is 10.4 Å². The molecule has 0 unspecified atom stereocenters. The number of anilines is 1. The van der Waals surface area contributed by atoms with E-state index in [9.17, 15) is 4.79 Å². The average molecular weight is 282 g/mol. The van der Waals surface area contributed by atoms with Crippen LogP contribution in [0.1, 0.15) is 24.6 Å². The van der Waals surface area contributed by atoms with Crippen LogP contribution in [0.4, 0.5) is 5.95 Å². The minimum atomic E-state index is -0.175. The first-order valence-electron chi connectivity index (χ1n) is 6.89. The lowest BCUT2D eigenvalue weighted by Gasteiger charge is -2.01. The fraction of sp³-hybridized carbons (Fsp3) is 0.188. The van der Waals surface area contributed by atoms with Gasteiger partial charge in [0, 0.05) is 18.0 Å². The first-order chi connectivity index (χ1) is 10.3. The van der Waals surface area contributed by atoms with Crippen LogP contribution in [0.3, 0.4) is 0 Å². The van der Waals surface area contributed by atoms with Gasteiger partial charge in [-0.15, -0.1) is 0 Å². The lowest BCUT2D eigenvalue weighted by atomic mass is 10.2. The van der Waals surface area contributed by atoms with Crippen LogP contribution >= 0.6 is 0 Å². The Bertz CT molecular complexity index is 674. The van der Waals surface area contributed by atoms with Crippen LogP contribution in [0.25, 0.3) is 6.08 Å². The van der Waals surface area contributed by atoms with E-state index in [1.165, 1.54) is 6.07 Å². The molecule has 0 bridgehead atoms. The molecule has 2 N–H and O–H groups in total. The van der Waals surface area contributed by atoms with Crippen LogP contribution in [0, 0.1) is 0 Å². The molecular weight excluding hydrogens is 264 g/mol. The minimum absolute atomic E-state index is 0.175. The van der Waals surface area contributed by atoms with Crippen LogP contribution in [-0.2, 0) is 6.42 Å².